The zero-order chi connectivity index (χ0) is 10.6. The molecule has 1 unspecified atom stereocenters. The minimum Gasteiger partial charge on any atom is -0.342 e. The number of halogens is 1. The molecule has 0 N–H and O–H groups in total. The fourth-order valence-electron chi connectivity index (χ4n) is 2.02. The Hall–Kier alpha value is -0.240. The molecule has 2 nitrogen and oxygen atoms in total. The Bertz CT molecular complexity index is 192. The van der Waals surface area contributed by atoms with Crippen molar-refractivity contribution in [1.82, 2.24) is 4.90 Å². The summed E-state index contributed by atoms with van der Waals surface area (Å²) < 4.78 is 0. The number of nitrogens with zero attached hydrogens (tertiary/aromatic N) is 1. The van der Waals surface area contributed by atoms with Crippen LogP contribution in [0, 0.1) is 11.8 Å². The molecule has 0 aromatic rings. The van der Waals surface area contributed by atoms with Gasteiger partial charge in [0.25, 0.3) is 0 Å². The summed E-state index contributed by atoms with van der Waals surface area (Å²) in [5, 5.41) is 0. The van der Waals surface area contributed by atoms with Crippen molar-refractivity contribution < 1.29 is 4.79 Å². The van der Waals surface area contributed by atoms with Crippen LogP contribution in [0.1, 0.15) is 33.1 Å². The zero-order valence-corrected chi connectivity index (χ0v) is 9.89. The van der Waals surface area contributed by atoms with Crippen molar-refractivity contribution >= 4 is 17.5 Å². The van der Waals surface area contributed by atoms with Gasteiger partial charge in [-0.05, 0) is 25.2 Å². The molecule has 1 aliphatic rings. The smallest absolute Gasteiger partial charge is 0.225 e. The van der Waals surface area contributed by atoms with Gasteiger partial charge in [-0.2, -0.15) is 0 Å². The molecule has 1 saturated heterocycles. The van der Waals surface area contributed by atoms with Gasteiger partial charge in [-0.3, -0.25) is 4.79 Å². The second-order valence-electron chi connectivity index (χ2n) is 4.42. The van der Waals surface area contributed by atoms with Gasteiger partial charge in [-0.1, -0.05) is 13.8 Å². The van der Waals surface area contributed by atoms with Crippen LogP contribution in [0.5, 0.6) is 0 Å². The Morgan fingerprint density at radius 1 is 1.57 bits per heavy atom. The Morgan fingerprint density at radius 3 is 2.86 bits per heavy atom. The predicted octanol–water partition coefficient (Wildman–Crippen LogP) is 2.51. The van der Waals surface area contributed by atoms with Gasteiger partial charge in [0.1, 0.15) is 0 Å². The summed E-state index contributed by atoms with van der Waals surface area (Å²) in [7, 11) is 0. The minimum absolute atomic E-state index is 0.129. The number of hydrogen-bond acceptors (Lipinski definition) is 1. The highest BCUT2D eigenvalue weighted by molar-refractivity contribution is 6.17. The highest BCUT2D eigenvalue weighted by Crippen LogP contribution is 2.21. The topological polar surface area (TPSA) is 20.3 Å². The molecule has 82 valence electrons. The monoisotopic (exact) mass is 217 g/mol. The van der Waals surface area contributed by atoms with E-state index in [0.717, 1.165) is 25.9 Å². The fraction of sp³-hybridized carbons (Fsp3) is 0.909. The molecule has 1 amide bonds. The molecule has 1 atom stereocenters. The number of alkyl halides is 1. The van der Waals surface area contributed by atoms with E-state index in [1.54, 1.807) is 0 Å². The number of carbonyl (C=O) groups excluding carboxylic acids is 1. The van der Waals surface area contributed by atoms with Gasteiger partial charge in [0.15, 0.2) is 0 Å². The van der Waals surface area contributed by atoms with Crippen molar-refractivity contribution in [3.05, 3.63) is 0 Å². The third-order valence-electron chi connectivity index (χ3n) is 2.84. The van der Waals surface area contributed by atoms with Gasteiger partial charge in [-0.25, -0.2) is 0 Å². The maximum absolute atomic E-state index is 11.7. The maximum atomic E-state index is 11.7. The summed E-state index contributed by atoms with van der Waals surface area (Å²) in [5.41, 5.74) is 0. The number of piperidine rings is 1. The fourth-order valence-corrected chi connectivity index (χ4v) is 2.33. The molecule has 1 heterocycles. The van der Waals surface area contributed by atoms with Crippen LogP contribution in [0.15, 0.2) is 0 Å². The normalized spacial score (nSPS) is 22.9. The Kier molecular flexibility index (Phi) is 4.73. The van der Waals surface area contributed by atoms with Crippen molar-refractivity contribution in [2.24, 2.45) is 11.8 Å². The van der Waals surface area contributed by atoms with Gasteiger partial charge in [0, 0.05) is 24.9 Å². The molecule has 1 fully saturated rings. The summed E-state index contributed by atoms with van der Waals surface area (Å²) in [6.07, 6.45) is 3.41. The van der Waals surface area contributed by atoms with Gasteiger partial charge in [-0.15, -0.1) is 11.6 Å². The van der Waals surface area contributed by atoms with Crippen LogP contribution in [-0.2, 0) is 4.79 Å². The van der Waals surface area contributed by atoms with E-state index in [1.165, 1.54) is 6.42 Å². The van der Waals surface area contributed by atoms with Gasteiger partial charge < -0.3 is 4.90 Å². The highest BCUT2D eigenvalue weighted by atomic mass is 35.5. The molecule has 0 spiro atoms. The van der Waals surface area contributed by atoms with Crippen LogP contribution in [0.4, 0.5) is 0 Å². The summed E-state index contributed by atoms with van der Waals surface area (Å²) in [6, 6.07) is 0. The van der Waals surface area contributed by atoms with Crippen LogP contribution in [0.25, 0.3) is 0 Å². The van der Waals surface area contributed by atoms with Crippen molar-refractivity contribution in [3.8, 4) is 0 Å². The van der Waals surface area contributed by atoms with Crippen molar-refractivity contribution in [3.63, 3.8) is 0 Å². The van der Waals surface area contributed by atoms with E-state index >= 15 is 0 Å². The van der Waals surface area contributed by atoms with Crippen LogP contribution < -0.4 is 0 Å². The summed E-state index contributed by atoms with van der Waals surface area (Å²) in [6.45, 7) is 5.79. The van der Waals surface area contributed by atoms with E-state index in [-0.39, 0.29) is 5.92 Å². The largest absolute Gasteiger partial charge is 0.342 e. The van der Waals surface area contributed by atoms with Crippen molar-refractivity contribution in [1.29, 1.82) is 0 Å². The van der Waals surface area contributed by atoms with Crippen LogP contribution >= 0.6 is 11.6 Å². The molecular weight excluding hydrogens is 198 g/mol. The average Bonchev–Trinajstić information content (AvgIpc) is 2.17. The van der Waals surface area contributed by atoms with Crippen LogP contribution in [0.3, 0.4) is 0 Å². The zero-order valence-electron chi connectivity index (χ0n) is 9.13. The maximum Gasteiger partial charge on any atom is 0.225 e. The Morgan fingerprint density at radius 2 is 2.29 bits per heavy atom. The number of carbonyl (C=O) groups is 1. The lowest BCUT2D eigenvalue weighted by atomic mass is 9.95. The molecule has 0 bridgehead atoms. The number of rotatable bonds is 3. The summed E-state index contributed by atoms with van der Waals surface area (Å²) >= 11 is 5.72. The Balaban J connectivity index is 2.43. The number of likely N-dealkylation sites (tertiary alicyclic amines) is 1. The first-order valence-corrected chi connectivity index (χ1v) is 6.03. The molecule has 1 aliphatic heterocycles. The summed E-state index contributed by atoms with van der Waals surface area (Å²) in [5.74, 6) is 1.77. The lowest BCUT2D eigenvalue weighted by molar-refractivity contribution is -0.136. The number of amides is 1. The SMILES string of the molecule is CC(C)C(=O)N1CCCC(CCCl)C1. The molecule has 3 heteroatoms. The molecule has 14 heavy (non-hydrogen) atoms. The highest BCUT2D eigenvalue weighted by Gasteiger charge is 2.24. The van der Waals surface area contributed by atoms with Gasteiger partial charge in [0.05, 0.1) is 0 Å². The lowest BCUT2D eigenvalue weighted by Crippen LogP contribution is -2.42. The van der Waals surface area contributed by atoms with E-state index in [1.807, 2.05) is 18.7 Å². The first kappa shape index (κ1) is 11.8. The molecule has 0 radical (unpaired) electrons. The van der Waals surface area contributed by atoms with E-state index in [2.05, 4.69) is 0 Å². The van der Waals surface area contributed by atoms with E-state index < -0.39 is 0 Å². The van der Waals surface area contributed by atoms with Crippen LogP contribution in [-0.4, -0.2) is 29.8 Å². The van der Waals surface area contributed by atoms with Crippen molar-refractivity contribution in [2.45, 2.75) is 33.1 Å². The molecule has 0 aliphatic carbocycles. The molecule has 0 saturated carbocycles. The molecule has 0 aromatic heterocycles. The lowest BCUT2D eigenvalue weighted by Gasteiger charge is -2.33. The third-order valence-corrected chi connectivity index (χ3v) is 3.06. The number of hydrogen-bond donors (Lipinski definition) is 0. The first-order chi connectivity index (χ1) is 6.65. The second-order valence-corrected chi connectivity index (χ2v) is 4.80. The van der Waals surface area contributed by atoms with E-state index in [4.69, 9.17) is 11.6 Å². The minimum atomic E-state index is 0.129. The molecular formula is C11H20ClNO. The Labute approximate surface area is 91.6 Å². The van der Waals surface area contributed by atoms with E-state index in [9.17, 15) is 4.79 Å². The van der Waals surface area contributed by atoms with Gasteiger partial charge >= 0.3 is 0 Å². The molecule has 0 aromatic carbocycles. The third kappa shape index (κ3) is 3.16. The van der Waals surface area contributed by atoms with Crippen LogP contribution in [0.2, 0.25) is 0 Å². The quantitative estimate of drug-likeness (QED) is 0.666. The van der Waals surface area contributed by atoms with Crippen molar-refractivity contribution in [2.75, 3.05) is 19.0 Å². The van der Waals surface area contributed by atoms with E-state index in [0.29, 0.717) is 17.7 Å². The first-order valence-electron chi connectivity index (χ1n) is 5.50. The van der Waals surface area contributed by atoms with Gasteiger partial charge in [0.2, 0.25) is 5.91 Å². The predicted molar refractivity (Wildman–Crippen MR) is 59.5 cm³/mol. The molecule has 1 rings (SSSR count). The summed E-state index contributed by atoms with van der Waals surface area (Å²) in [4.78, 5) is 13.7. The standard InChI is InChI=1S/C11H20ClNO/c1-9(2)11(14)13-7-3-4-10(8-13)5-6-12/h9-10H,3-8H2,1-2H3. The second kappa shape index (κ2) is 5.59. The average molecular weight is 218 g/mol.